The van der Waals surface area contributed by atoms with E-state index in [4.69, 9.17) is 16.9 Å². The maximum atomic E-state index is 8.64. The quantitative estimate of drug-likeness (QED) is 0.105. The summed E-state index contributed by atoms with van der Waals surface area (Å²) >= 11 is 0. The molecule has 0 aromatic heterocycles. The molecule has 5 heteroatoms. The summed E-state index contributed by atoms with van der Waals surface area (Å²) in [5, 5.41) is 8.64. The molecule has 5 aromatic rings. The van der Waals surface area contributed by atoms with Crippen molar-refractivity contribution in [3.8, 4) is 11.1 Å². The van der Waals surface area contributed by atoms with Gasteiger partial charge in [0.25, 0.3) is 0 Å². The molecule has 0 unspecified atom stereocenters. The fourth-order valence-corrected chi connectivity index (χ4v) is 5.23. The van der Waals surface area contributed by atoms with E-state index < -0.39 is 0 Å². The minimum Gasteiger partial charge on any atom is -0.385 e. The highest BCUT2D eigenvalue weighted by atomic mass is 15.2. The number of amidine groups is 2. The van der Waals surface area contributed by atoms with Gasteiger partial charge in [-0.3, -0.25) is 5.41 Å². The second-order valence-corrected chi connectivity index (χ2v) is 11.0. The molecule has 0 saturated heterocycles. The molecule has 5 nitrogen and oxygen atoms in total. The lowest BCUT2D eigenvalue weighted by Crippen LogP contribution is -2.24. The second kappa shape index (κ2) is 15.2. The highest BCUT2D eigenvalue weighted by Gasteiger charge is 2.20. The van der Waals surface area contributed by atoms with Crippen molar-refractivity contribution < 1.29 is 0 Å². The topological polar surface area (TPSA) is 91.5 Å². The van der Waals surface area contributed by atoms with Gasteiger partial charge in [-0.05, 0) is 59.9 Å². The van der Waals surface area contributed by atoms with Crippen molar-refractivity contribution in [1.82, 2.24) is 0 Å². The number of nitrogens with one attached hydrogen (secondary N) is 1. The van der Waals surface area contributed by atoms with Crippen LogP contribution >= 0.6 is 0 Å². The van der Waals surface area contributed by atoms with Gasteiger partial charge < -0.3 is 16.4 Å². The maximum Gasteiger partial charge on any atom is 0.153 e. The van der Waals surface area contributed by atoms with Crippen LogP contribution in [0.15, 0.2) is 175 Å². The molecule has 1 aliphatic rings. The average molecular weight is 614 g/mol. The van der Waals surface area contributed by atoms with E-state index in [9.17, 15) is 0 Å². The first kappa shape index (κ1) is 32.2. The van der Waals surface area contributed by atoms with E-state index >= 15 is 0 Å². The molecule has 232 valence electrons. The third kappa shape index (κ3) is 7.91. The number of fused-ring (bicyclic) bond motifs is 2. The number of nitrogens with two attached hydrogens (primary N) is 2. The van der Waals surface area contributed by atoms with Crippen LogP contribution in [0.3, 0.4) is 0 Å². The number of aliphatic imine (C=N–C) groups is 1. The zero-order chi connectivity index (χ0) is 33.2. The lowest BCUT2D eigenvalue weighted by molar-refractivity contribution is 1.11. The third-order valence-corrected chi connectivity index (χ3v) is 7.79. The first-order valence-electron chi connectivity index (χ1n) is 15.4. The molecule has 6 rings (SSSR count). The summed E-state index contributed by atoms with van der Waals surface area (Å²) < 4.78 is 0. The minimum absolute atomic E-state index is 0.0239. The van der Waals surface area contributed by atoms with Crippen LogP contribution in [0.2, 0.25) is 0 Å². The summed E-state index contributed by atoms with van der Waals surface area (Å²) in [6, 6.07) is 44.4. The summed E-state index contributed by atoms with van der Waals surface area (Å²) in [4.78, 5) is 6.28. The Morgan fingerprint density at radius 3 is 2.00 bits per heavy atom. The van der Waals surface area contributed by atoms with Crippen molar-refractivity contribution >= 4 is 29.0 Å². The van der Waals surface area contributed by atoms with Crippen LogP contribution in [-0.4, -0.2) is 11.7 Å². The molecule has 0 saturated carbocycles. The SMILES string of the molecule is C=C1c2ccccc2/C=C\N(/C(N)=C/C(=C\C)C(=N)N=C(N)c2ccccc2)c2cc(-c3ccccc3)ccc21.Cc1ccccc1. The molecule has 1 heterocycles. The van der Waals surface area contributed by atoms with E-state index in [0.29, 0.717) is 11.4 Å². The van der Waals surface area contributed by atoms with Crippen LogP contribution in [0.5, 0.6) is 0 Å². The molecule has 0 radical (unpaired) electrons. The van der Waals surface area contributed by atoms with Crippen LogP contribution in [-0.2, 0) is 0 Å². The Kier molecular flexibility index (Phi) is 10.4. The van der Waals surface area contributed by atoms with Crippen molar-refractivity contribution in [1.29, 1.82) is 5.41 Å². The molecule has 0 bridgehead atoms. The predicted molar refractivity (Wildman–Crippen MR) is 200 cm³/mol. The van der Waals surface area contributed by atoms with Gasteiger partial charge in [0.05, 0.1) is 5.69 Å². The highest BCUT2D eigenvalue weighted by molar-refractivity contribution is 6.10. The lowest BCUT2D eigenvalue weighted by atomic mass is 9.90. The number of benzene rings is 5. The van der Waals surface area contributed by atoms with Gasteiger partial charge in [-0.2, -0.15) is 0 Å². The number of hydrogen-bond donors (Lipinski definition) is 3. The largest absolute Gasteiger partial charge is 0.385 e. The van der Waals surface area contributed by atoms with Gasteiger partial charge in [0.2, 0.25) is 0 Å². The van der Waals surface area contributed by atoms with E-state index in [1.807, 2.05) is 103 Å². The smallest absolute Gasteiger partial charge is 0.153 e. The first-order valence-corrected chi connectivity index (χ1v) is 15.4. The van der Waals surface area contributed by atoms with Crippen LogP contribution in [0.4, 0.5) is 5.69 Å². The minimum atomic E-state index is 0.0239. The van der Waals surface area contributed by atoms with E-state index in [0.717, 1.165) is 44.6 Å². The monoisotopic (exact) mass is 613 g/mol. The fraction of sp³-hybridized carbons (Fsp3) is 0.0476. The second-order valence-electron chi connectivity index (χ2n) is 11.0. The molecule has 0 spiro atoms. The summed E-state index contributed by atoms with van der Waals surface area (Å²) in [5.74, 6) is 0.728. The Bertz CT molecular complexity index is 1990. The van der Waals surface area contributed by atoms with E-state index in [2.05, 4.69) is 73.1 Å². The number of anilines is 1. The maximum absolute atomic E-state index is 8.64. The van der Waals surface area contributed by atoms with Gasteiger partial charge in [0.1, 0.15) is 11.7 Å². The molecule has 0 aliphatic carbocycles. The van der Waals surface area contributed by atoms with Crippen molar-refractivity contribution in [3.63, 3.8) is 0 Å². The van der Waals surface area contributed by atoms with Gasteiger partial charge in [-0.25, -0.2) is 4.99 Å². The summed E-state index contributed by atoms with van der Waals surface area (Å²) in [6.07, 6.45) is 7.55. The molecule has 5 N–H and O–H groups in total. The molecule has 1 aliphatic heterocycles. The van der Waals surface area contributed by atoms with Crippen molar-refractivity contribution in [2.45, 2.75) is 13.8 Å². The number of hydrogen-bond acceptors (Lipinski definition) is 3. The van der Waals surface area contributed by atoms with Gasteiger partial charge in [-0.1, -0.05) is 146 Å². The summed E-state index contributed by atoms with van der Waals surface area (Å²) in [6.45, 7) is 8.40. The zero-order valence-corrected chi connectivity index (χ0v) is 26.8. The predicted octanol–water partition coefficient (Wildman–Crippen LogP) is 9.33. The Morgan fingerprint density at radius 2 is 1.36 bits per heavy atom. The summed E-state index contributed by atoms with van der Waals surface area (Å²) in [5.41, 5.74) is 22.6. The van der Waals surface area contributed by atoms with Gasteiger partial charge >= 0.3 is 0 Å². The van der Waals surface area contributed by atoms with E-state index in [1.54, 1.807) is 12.2 Å². The number of aryl methyl sites for hydroxylation is 1. The zero-order valence-electron chi connectivity index (χ0n) is 26.8. The van der Waals surface area contributed by atoms with Crippen LogP contribution in [0.25, 0.3) is 22.8 Å². The Morgan fingerprint density at radius 1 is 0.745 bits per heavy atom. The third-order valence-electron chi connectivity index (χ3n) is 7.79. The Balaban J connectivity index is 0.000000549. The molecule has 0 fully saturated rings. The van der Waals surface area contributed by atoms with E-state index in [1.165, 1.54) is 5.56 Å². The Labute approximate surface area is 277 Å². The summed E-state index contributed by atoms with van der Waals surface area (Å²) in [7, 11) is 0. The van der Waals surface area contributed by atoms with Crippen LogP contribution in [0, 0.1) is 12.3 Å². The number of nitrogens with zero attached hydrogens (tertiary/aromatic N) is 2. The van der Waals surface area contributed by atoms with Crippen molar-refractivity contribution in [3.05, 3.63) is 198 Å². The first-order chi connectivity index (χ1) is 22.9. The number of rotatable bonds is 5. The van der Waals surface area contributed by atoms with Gasteiger partial charge in [0.15, 0.2) is 5.84 Å². The molecule has 5 aromatic carbocycles. The Hall–Kier alpha value is -6.20. The average Bonchev–Trinajstić information content (AvgIpc) is 3.11. The van der Waals surface area contributed by atoms with Crippen molar-refractivity contribution in [2.75, 3.05) is 4.90 Å². The standard InChI is InChI=1S/C35H31N5.C7H8/c1-3-25(34(37)39-35(38)28-15-8-5-9-16-28)23-33(36)40-21-20-27-14-10-11-17-30(27)24(2)31-19-18-29(22-32(31)40)26-12-6-4-7-13-26;1-7-5-3-2-4-6-7/h3-23H,2,36H2,1H3,(H3,37,38,39);2-6H,1H3/b21-20-,25-3+,33-23+;. The van der Waals surface area contributed by atoms with Gasteiger partial charge in [-0.15, -0.1) is 0 Å². The van der Waals surface area contributed by atoms with Crippen molar-refractivity contribution in [2.24, 2.45) is 16.5 Å². The molecular formula is C42H39N5. The normalized spacial score (nSPS) is 13.7. The molecule has 0 amide bonds. The molecule has 0 atom stereocenters. The molecular weight excluding hydrogens is 574 g/mol. The highest BCUT2D eigenvalue weighted by Crippen LogP contribution is 2.38. The lowest BCUT2D eigenvalue weighted by Gasteiger charge is -2.28. The van der Waals surface area contributed by atoms with E-state index in [-0.39, 0.29) is 11.7 Å². The number of allylic oxidation sites excluding steroid dienone is 1. The fourth-order valence-electron chi connectivity index (χ4n) is 5.23. The van der Waals surface area contributed by atoms with Gasteiger partial charge in [0, 0.05) is 22.9 Å². The van der Waals surface area contributed by atoms with Crippen LogP contribution in [0.1, 0.15) is 34.7 Å². The molecule has 47 heavy (non-hydrogen) atoms. The van der Waals surface area contributed by atoms with Crippen LogP contribution < -0.4 is 16.4 Å².